The van der Waals surface area contributed by atoms with Gasteiger partial charge in [-0.05, 0) is 51.8 Å². The molecule has 1 aromatic heterocycles. The molecule has 0 unspecified atom stereocenters. The fraction of sp³-hybridized carbons (Fsp3) is 0.353. The summed E-state index contributed by atoms with van der Waals surface area (Å²) in [6, 6.07) is 3.26. The Morgan fingerprint density at radius 1 is 1.17 bits per heavy atom. The molecule has 0 fully saturated rings. The Hall–Kier alpha value is -2.63. The molecule has 6 heteroatoms. The summed E-state index contributed by atoms with van der Waals surface area (Å²) in [6.07, 6.45) is 0. The van der Waals surface area contributed by atoms with E-state index in [1.54, 1.807) is 24.6 Å². The molecular formula is C17H21N3O3. The average Bonchev–Trinajstić information content (AvgIpc) is 2.75. The zero-order chi connectivity index (χ0) is 17.3. The molecule has 0 aliphatic carbocycles. The maximum atomic E-state index is 12.6. The highest BCUT2D eigenvalue weighted by Gasteiger charge is 2.19. The molecule has 0 atom stereocenters. The second-order valence-electron chi connectivity index (χ2n) is 5.60. The standard InChI is InChI=1S/C17H21N3O3/c1-6-20-12(5)15(11(4)19-20)16(21)18-14-8-13(17(22)23)9(2)7-10(14)3/h7-8H,6H2,1-5H3,(H,18,21)(H,22,23). The van der Waals surface area contributed by atoms with Crippen LogP contribution < -0.4 is 5.32 Å². The summed E-state index contributed by atoms with van der Waals surface area (Å²) in [5.74, 6) is -1.29. The largest absolute Gasteiger partial charge is 0.478 e. The van der Waals surface area contributed by atoms with Gasteiger partial charge in [0.1, 0.15) is 0 Å². The van der Waals surface area contributed by atoms with Crippen LogP contribution in [0.1, 0.15) is 50.2 Å². The molecule has 2 rings (SSSR count). The van der Waals surface area contributed by atoms with E-state index in [0.29, 0.717) is 29.1 Å². The molecule has 23 heavy (non-hydrogen) atoms. The first-order valence-corrected chi connectivity index (χ1v) is 7.46. The topological polar surface area (TPSA) is 84.2 Å². The first kappa shape index (κ1) is 16.7. The van der Waals surface area contributed by atoms with Crippen LogP contribution in [-0.4, -0.2) is 26.8 Å². The second-order valence-corrected chi connectivity index (χ2v) is 5.60. The molecule has 2 aromatic rings. The Labute approximate surface area is 135 Å². The minimum Gasteiger partial charge on any atom is -0.478 e. The number of carbonyl (C=O) groups is 2. The summed E-state index contributed by atoms with van der Waals surface area (Å²) in [5, 5.41) is 16.4. The Bertz CT molecular complexity index is 791. The lowest BCUT2D eigenvalue weighted by molar-refractivity contribution is 0.0695. The van der Waals surface area contributed by atoms with E-state index in [9.17, 15) is 14.7 Å². The Kier molecular flexibility index (Phi) is 4.54. The number of nitrogens with one attached hydrogen (secondary N) is 1. The second kappa shape index (κ2) is 6.24. The third-order valence-corrected chi connectivity index (χ3v) is 3.96. The zero-order valence-electron chi connectivity index (χ0n) is 14.0. The summed E-state index contributed by atoms with van der Waals surface area (Å²) in [7, 11) is 0. The van der Waals surface area contributed by atoms with E-state index in [2.05, 4.69) is 10.4 Å². The van der Waals surface area contributed by atoms with E-state index in [1.165, 1.54) is 6.07 Å². The van der Waals surface area contributed by atoms with Crippen molar-refractivity contribution in [2.75, 3.05) is 5.32 Å². The molecule has 0 aliphatic heterocycles. The Morgan fingerprint density at radius 2 is 1.83 bits per heavy atom. The normalized spacial score (nSPS) is 10.7. The number of carboxylic acids is 1. The van der Waals surface area contributed by atoms with Gasteiger partial charge in [0, 0.05) is 17.9 Å². The summed E-state index contributed by atoms with van der Waals surface area (Å²) >= 11 is 0. The van der Waals surface area contributed by atoms with E-state index in [1.807, 2.05) is 20.8 Å². The highest BCUT2D eigenvalue weighted by atomic mass is 16.4. The number of aromatic carboxylic acids is 1. The van der Waals surface area contributed by atoms with Crippen LogP contribution in [-0.2, 0) is 6.54 Å². The summed E-state index contributed by atoms with van der Waals surface area (Å²) < 4.78 is 1.77. The number of aryl methyl sites for hydroxylation is 4. The van der Waals surface area contributed by atoms with Gasteiger partial charge in [0.25, 0.3) is 5.91 Å². The Morgan fingerprint density at radius 3 is 2.35 bits per heavy atom. The molecule has 1 heterocycles. The molecule has 0 bridgehead atoms. The number of rotatable bonds is 4. The van der Waals surface area contributed by atoms with Gasteiger partial charge in [-0.25, -0.2) is 4.79 Å². The fourth-order valence-electron chi connectivity index (χ4n) is 2.74. The quantitative estimate of drug-likeness (QED) is 0.908. The number of carbonyl (C=O) groups excluding carboxylic acids is 1. The van der Waals surface area contributed by atoms with Gasteiger partial charge in [0.15, 0.2) is 0 Å². The van der Waals surface area contributed by atoms with E-state index in [-0.39, 0.29) is 11.5 Å². The van der Waals surface area contributed by atoms with Gasteiger partial charge >= 0.3 is 5.97 Å². The van der Waals surface area contributed by atoms with Crippen molar-refractivity contribution < 1.29 is 14.7 Å². The molecule has 6 nitrogen and oxygen atoms in total. The number of anilines is 1. The predicted molar refractivity (Wildman–Crippen MR) is 88.2 cm³/mol. The highest BCUT2D eigenvalue weighted by molar-refractivity contribution is 6.06. The molecule has 0 radical (unpaired) electrons. The molecule has 0 saturated carbocycles. The Balaban J connectivity index is 2.40. The van der Waals surface area contributed by atoms with Crippen LogP contribution in [0, 0.1) is 27.7 Å². The van der Waals surface area contributed by atoms with E-state index >= 15 is 0 Å². The molecule has 0 aliphatic rings. The third kappa shape index (κ3) is 3.11. The number of carboxylic acid groups (broad SMARTS) is 1. The smallest absolute Gasteiger partial charge is 0.336 e. The average molecular weight is 315 g/mol. The first-order chi connectivity index (χ1) is 10.8. The van der Waals surface area contributed by atoms with Gasteiger partial charge in [-0.15, -0.1) is 0 Å². The number of hydrogen-bond acceptors (Lipinski definition) is 3. The van der Waals surface area contributed by atoms with Crippen molar-refractivity contribution in [1.82, 2.24) is 9.78 Å². The molecule has 0 saturated heterocycles. The van der Waals surface area contributed by atoms with Gasteiger partial charge in [-0.1, -0.05) is 6.07 Å². The number of aromatic nitrogens is 2. The number of benzene rings is 1. The lowest BCUT2D eigenvalue weighted by Crippen LogP contribution is -2.16. The minimum atomic E-state index is -1.01. The third-order valence-electron chi connectivity index (χ3n) is 3.96. The van der Waals surface area contributed by atoms with Crippen molar-refractivity contribution in [1.29, 1.82) is 0 Å². The lowest BCUT2D eigenvalue weighted by Gasteiger charge is -2.12. The van der Waals surface area contributed by atoms with Crippen molar-refractivity contribution in [3.05, 3.63) is 45.8 Å². The van der Waals surface area contributed by atoms with Gasteiger partial charge in [0.2, 0.25) is 0 Å². The van der Waals surface area contributed by atoms with Crippen LogP contribution >= 0.6 is 0 Å². The number of hydrogen-bond donors (Lipinski definition) is 2. The summed E-state index contributed by atoms with van der Waals surface area (Å²) in [4.78, 5) is 23.9. The van der Waals surface area contributed by atoms with Gasteiger partial charge in [-0.3, -0.25) is 9.48 Å². The van der Waals surface area contributed by atoms with Crippen molar-refractivity contribution in [2.24, 2.45) is 0 Å². The van der Waals surface area contributed by atoms with Gasteiger partial charge in [-0.2, -0.15) is 5.10 Å². The maximum absolute atomic E-state index is 12.6. The highest BCUT2D eigenvalue weighted by Crippen LogP contribution is 2.23. The van der Waals surface area contributed by atoms with Crippen LogP contribution in [0.3, 0.4) is 0 Å². The lowest BCUT2D eigenvalue weighted by atomic mass is 10.0. The first-order valence-electron chi connectivity index (χ1n) is 7.46. The maximum Gasteiger partial charge on any atom is 0.336 e. The molecule has 1 amide bonds. The SMILES string of the molecule is CCn1nc(C)c(C(=O)Nc2cc(C(=O)O)c(C)cc2C)c1C. The number of amides is 1. The van der Waals surface area contributed by atoms with Crippen molar-refractivity contribution in [3.8, 4) is 0 Å². The molecular weight excluding hydrogens is 294 g/mol. The van der Waals surface area contributed by atoms with Crippen molar-refractivity contribution in [2.45, 2.75) is 41.2 Å². The van der Waals surface area contributed by atoms with Crippen LogP contribution in [0.25, 0.3) is 0 Å². The van der Waals surface area contributed by atoms with Crippen LogP contribution in [0.4, 0.5) is 5.69 Å². The van der Waals surface area contributed by atoms with Gasteiger partial charge < -0.3 is 10.4 Å². The molecule has 122 valence electrons. The van der Waals surface area contributed by atoms with Crippen molar-refractivity contribution >= 4 is 17.6 Å². The minimum absolute atomic E-state index is 0.184. The van der Waals surface area contributed by atoms with Crippen LogP contribution in [0.15, 0.2) is 12.1 Å². The zero-order valence-corrected chi connectivity index (χ0v) is 14.0. The summed E-state index contributed by atoms with van der Waals surface area (Å²) in [6.45, 7) is 9.87. The molecule has 1 aromatic carbocycles. The van der Waals surface area contributed by atoms with Crippen molar-refractivity contribution in [3.63, 3.8) is 0 Å². The monoisotopic (exact) mass is 315 g/mol. The molecule has 2 N–H and O–H groups in total. The van der Waals surface area contributed by atoms with E-state index in [0.717, 1.165) is 11.3 Å². The predicted octanol–water partition coefficient (Wildman–Crippen LogP) is 3.09. The van der Waals surface area contributed by atoms with Crippen LogP contribution in [0.2, 0.25) is 0 Å². The summed E-state index contributed by atoms with van der Waals surface area (Å²) in [5.41, 5.74) is 4.15. The molecule has 0 spiro atoms. The fourth-order valence-corrected chi connectivity index (χ4v) is 2.74. The van der Waals surface area contributed by atoms with E-state index in [4.69, 9.17) is 0 Å². The van der Waals surface area contributed by atoms with Gasteiger partial charge in [0.05, 0.1) is 16.8 Å². The number of nitrogens with zero attached hydrogens (tertiary/aromatic N) is 2. The van der Waals surface area contributed by atoms with E-state index < -0.39 is 5.97 Å². The van der Waals surface area contributed by atoms with Crippen LogP contribution in [0.5, 0.6) is 0 Å².